The molecule has 2 heteroatoms. The third-order valence-electron chi connectivity index (χ3n) is 7.55. The lowest BCUT2D eigenvalue weighted by Crippen LogP contribution is -2.41. The molecule has 160 valence electrons. The van der Waals surface area contributed by atoms with E-state index in [9.17, 15) is 0 Å². The van der Waals surface area contributed by atoms with E-state index in [2.05, 4.69) is 27.7 Å². The standard InChI is InChI=1S/C25H48O2/c1-5-7-9-10-18-26-24-16-17-25(21(4)20(24)3)27-19-23-14-12-22(13-15-23)11-8-6-2/h20-25H,5-19H2,1-4H3. The van der Waals surface area contributed by atoms with Crippen molar-refractivity contribution in [3.63, 3.8) is 0 Å². The predicted molar refractivity (Wildman–Crippen MR) is 116 cm³/mol. The first-order valence-electron chi connectivity index (χ1n) is 12.4. The zero-order valence-corrected chi connectivity index (χ0v) is 18.9. The molecule has 2 saturated carbocycles. The van der Waals surface area contributed by atoms with Gasteiger partial charge in [-0.2, -0.15) is 0 Å². The summed E-state index contributed by atoms with van der Waals surface area (Å²) in [5.41, 5.74) is 0. The van der Waals surface area contributed by atoms with E-state index >= 15 is 0 Å². The minimum absolute atomic E-state index is 0.454. The Morgan fingerprint density at radius 1 is 0.630 bits per heavy atom. The molecule has 4 atom stereocenters. The zero-order valence-electron chi connectivity index (χ0n) is 18.9. The van der Waals surface area contributed by atoms with Gasteiger partial charge in [0.2, 0.25) is 0 Å². The monoisotopic (exact) mass is 380 g/mol. The van der Waals surface area contributed by atoms with E-state index in [0.29, 0.717) is 24.0 Å². The van der Waals surface area contributed by atoms with Crippen LogP contribution in [0.5, 0.6) is 0 Å². The van der Waals surface area contributed by atoms with E-state index < -0.39 is 0 Å². The first kappa shape index (κ1) is 23.2. The van der Waals surface area contributed by atoms with Crippen LogP contribution in [0.15, 0.2) is 0 Å². The van der Waals surface area contributed by atoms with Gasteiger partial charge < -0.3 is 9.47 Å². The van der Waals surface area contributed by atoms with Crippen LogP contribution < -0.4 is 0 Å². The first-order chi connectivity index (χ1) is 13.2. The molecule has 2 nitrogen and oxygen atoms in total. The Bertz CT molecular complexity index is 361. The van der Waals surface area contributed by atoms with Crippen molar-refractivity contribution >= 4 is 0 Å². The highest BCUT2D eigenvalue weighted by Gasteiger charge is 2.35. The lowest BCUT2D eigenvalue weighted by Gasteiger charge is -2.40. The SMILES string of the molecule is CCCCCCOC1CCC(OCC2CCC(CCCC)CC2)C(C)C1C. The molecule has 0 saturated heterocycles. The smallest absolute Gasteiger partial charge is 0.0605 e. The summed E-state index contributed by atoms with van der Waals surface area (Å²) in [5, 5.41) is 0. The molecule has 4 unspecified atom stereocenters. The number of ether oxygens (including phenoxy) is 2. The Morgan fingerprint density at radius 2 is 1.22 bits per heavy atom. The summed E-state index contributed by atoms with van der Waals surface area (Å²) in [6.07, 6.45) is 18.4. The average Bonchev–Trinajstić information content (AvgIpc) is 2.69. The number of hydrogen-bond acceptors (Lipinski definition) is 2. The zero-order chi connectivity index (χ0) is 19.5. The Kier molecular flexibility index (Phi) is 11.3. The summed E-state index contributed by atoms with van der Waals surface area (Å²) >= 11 is 0. The second-order valence-electron chi connectivity index (χ2n) is 9.67. The van der Waals surface area contributed by atoms with Crippen LogP contribution in [0.2, 0.25) is 0 Å². The molecule has 0 radical (unpaired) electrons. The number of rotatable bonds is 12. The van der Waals surface area contributed by atoms with Crippen molar-refractivity contribution in [2.45, 2.75) is 123 Å². The van der Waals surface area contributed by atoms with Crippen LogP contribution in [0.3, 0.4) is 0 Å². The van der Waals surface area contributed by atoms with Crippen molar-refractivity contribution in [3.8, 4) is 0 Å². The largest absolute Gasteiger partial charge is 0.378 e. The Balaban J connectivity index is 1.61. The average molecular weight is 381 g/mol. The number of hydrogen-bond donors (Lipinski definition) is 0. The molecule has 0 aromatic rings. The lowest BCUT2D eigenvalue weighted by molar-refractivity contribution is -0.0994. The van der Waals surface area contributed by atoms with E-state index in [4.69, 9.17) is 9.47 Å². The Labute approximate surface area is 170 Å². The van der Waals surface area contributed by atoms with Gasteiger partial charge in [-0.3, -0.25) is 0 Å². The topological polar surface area (TPSA) is 18.5 Å². The van der Waals surface area contributed by atoms with E-state index in [1.54, 1.807) is 0 Å². The molecule has 2 fully saturated rings. The van der Waals surface area contributed by atoms with Gasteiger partial charge in [-0.15, -0.1) is 0 Å². The van der Waals surface area contributed by atoms with Crippen LogP contribution in [-0.2, 0) is 9.47 Å². The van der Waals surface area contributed by atoms with E-state index in [-0.39, 0.29) is 0 Å². The highest BCUT2D eigenvalue weighted by Crippen LogP contribution is 2.36. The molecule has 0 bridgehead atoms. The summed E-state index contributed by atoms with van der Waals surface area (Å²) in [6.45, 7) is 11.3. The van der Waals surface area contributed by atoms with Crippen molar-refractivity contribution in [2.24, 2.45) is 23.7 Å². The van der Waals surface area contributed by atoms with Gasteiger partial charge in [0.05, 0.1) is 12.2 Å². The first-order valence-corrected chi connectivity index (χ1v) is 12.4. The molecule has 0 spiro atoms. The molecule has 0 heterocycles. The molecule has 0 aromatic carbocycles. The van der Waals surface area contributed by atoms with Gasteiger partial charge in [-0.05, 0) is 55.8 Å². The molecule has 2 aliphatic carbocycles. The molecule has 0 N–H and O–H groups in total. The quantitative estimate of drug-likeness (QED) is 0.328. The summed E-state index contributed by atoms with van der Waals surface area (Å²) in [4.78, 5) is 0. The van der Waals surface area contributed by atoms with E-state index in [1.807, 2.05) is 0 Å². The van der Waals surface area contributed by atoms with Gasteiger partial charge >= 0.3 is 0 Å². The maximum atomic E-state index is 6.47. The summed E-state index contributed by atoms with van der Waals surface area (Å²) in [6, 6.07) is 0. The fourth-order valence-electron chi connectivity index (χ4n) is 5.20. The molecule has 27 heavy (non-hydrogen) atoms. The molecule has 0 aromatic heterocycles. The van der Waals surface area contributed by atoms with Crippen LogP contribution in [0.4, 0.5) is 0 Å². The van der Waals surface area contributed by atoms with Crippen molar-refractivity contribution in [2.75, 3.05) is 13.2 Å². The summed E-state index contributed by atoms with van der Waals surface area (Å²) in [5.74, 6) is 3.07. The molecule has 0 amide bonds. The van der Waals surface area contributed by atoms with Crippen molar-refractivity contribution in [3.05, 3.63) is 0 Å². The van der Waals surface area contributed by atoms with Gasteiger partial charge in [-0.25, -0.2) is 0 Å². The second-order valence-corrected chi connectivity index (χ2v) is 9.67. The second kappa shape index (κ2) is 13.2. The highest BCUT2D eigenvalue weighted by molar-refractivity contribution is 4.85. The van der Waals surface area contributed by atoms with Gasteiger partial charge in [0, 0.05) is 13.2 Å². The molecule has 0 aliphatic heterocycles. The van der Waals surface area contributed by atoms with E-state index in [0.717, 1.165) is 25.0 Å². The highest BCUT2D eigenvalue weighted by atomic mass is 16.5. The fraction of sp³-hybridized carbons (Fsp3) is 1.00. The van der Waals surface area contributed by atoms with Gasteiger partial charge in [-0.1, -0.05) is 79.1 Å². The van der Waals surface area contributed by atoms with Crippen molar-refractivity contribution < 1.29 is 9.47 Å². The molecular formula is C25H48O2. The maximum absolute atomic E-state index is 6.47. The van der Waals surface area contributed by atoms with Gasteiger partial charge in [0.1, 0.15) is 0 Å². The molecular weight excluding hydrogens is 332 g/mol. The molecule has 2 aliphatic rings. The van der Waals surface area contributed by atoms with Gasteiger partial charge in [0.15, 0.2) is 0 Å². The Hall–Kier alpha value is -0.0800. The molecule has 2 rings (SSSR count). The van der Waals surface area contributed by atoms with Crippen LogP contribution >= 0.6 is 0 Å². The van der Waals surface area contributed by atoms with Gasteiger partial charge in [0.25, 0.3) is 0 Å². The van der Waals surface area contributed by atoms with Crippen molar-refractivity contribution in [1.29, 1.82) is 0 Å². The van der Waals surface area contributed by atoms with E-state index in [1.165, 1.54) is 83.5 Å². The van der Waals surface area contributed by atoms with Crippen LogP contribution in [0.1, 0.15) is 111 Å². The summed E-state index contributed by atoms with van der Waals surface area (Å²) in [7, 11) is 0. The summed E-state index contributed by atoms with van der Waals surface area (Å²) < 4.78 is 12.7. The van der Waals surface area contributed by atoms with Crippen LogP contribution in [-0.4, -0.2) is 25.4 Å². The normalized spacial score (nSPS) is 34.7. The van der Waals surface area contributed by atoms with Crippen LogP contribution in [0.25, 0.3) is 0 Å². The minimum atomic E-state index is 0.454. The van der Waals surface area contributed by atoms with Crippen LogP contribution in [0, 0.1) is 23.7 Å². The third-order valence-corrected chi connectivity index (χ3v) is 7.55. The van der Waals surface area contributed by atoms with Crippen molar-refractivity contribution in [1.82, 2.24) is 0 Å². The lowest BCUT2D eigenvalue weighted by atomic mass is 9.77. The fourth-order valence-corrected chi connectivity index (χ4v) is 5.20. The minimum Gasteiger partial charge on any atom is -0.378 e. The predicted octanol–water partition coefficient (Wildman–Crippen LogP) is 7.40. The third kappa shape index (κ3) is 8.05. The maximum Gasteiger partial charge on any atom is 0.0605 e. The Morgan fingerprint density at radius 3 is 1.85 bits per heavy atom. The number of unbranched alkanes of at least 4 members (excludes halogenated alkanes) is 4.